The molecular weight excluding hydrogens is 471 g/mol. The second-order valence-corrected chi connectivity index (χ2v) is 8.97. The summed E-state index contributed by atoms with van der Waals surface area (Å²) in [5.41, 5.74) is -0.337. The number of benzene rings is 2. The molecule has 2 aromatic carbocycles. The molecule has 12 heteroatoms. The lowest BCUT2D eigenvalue weighted by atomic mass is 10.1. The van der Waals surface area contributed by atoms with Crippen molar-refractivity contribution in [2.75, 3.05) is 4.72 Å². The molecule has 0 aliphatic rings. The number of hydrogen-bond acceptors (Lipinski definition) is 6. The highest BCUT2D eigenvalue weighted by atomic mass is 32.2. The van der Waals surface area contributed by atoms with E-state index in [1.54, 1.807) is 48.3 Å². The Morgan fingerprint density at radius 3 is 2.35 bits per heavy atom. The molecule has 0 atom stereocenters. The predicted octanol–water partition coefficient (Wildman–Crippen LogP) is 4.72. The van der Waals surface area contributed by atoms with E-state index in [-0.39, 0.29) is 17.1 Å². The van der Waals surface area contributed by atoms with Gasteiger partial charge < -0.3 is 4.74 Å². The van der Waals surface area contributed by atoms with Gasteiger partial charge in [0.2, 0.25) is 15.9 Å². The highest BCUT2D eigenvalue weighted by molar-refractivity contribution is 7.91. The third kappa shape index (κ3) is 5.90. The molecule has 0 amide bonds. The van der Waals surface area contributed by atoms with Crippen molar-refractivity contribution < 1.29 is 26.3 Å². The third-order valence-corrected chi connectivity index (χ3v) is 5.79. The van der Waals surface area contributed by atoms with Crippen LogP contribution in [0.15, 0.2) is 73.1 Å². The minimum atomic E-state index is -4.48. The average Bonchev–Trinajstić information content (AvgIpc) is 3.29. The van der Waals surface area contributed by atoms with Gasteiger partial charge in [0, 0.05) is 24.1 Å². The number of nitrogens with one attached hydrogen (secondary N) is 1. The molecule has 0 aliphatic heterocycles. The number of alkyl halides is 3. The van der Waals surface area contributed by atoms with Gasteiger partial charge in [-0.2, -0.15) is 23.3 Å². The van der Waals surface area contributed by atoms with Gasteiger partial charge in [0.05, 0.1) is 11.3 Å². The van der Waals surface area contributed by atoms with Gasteiger partial charge in [-0.1, -0.05) is 12.1 Å². The topological polar surface area (TPSA) is 99.0 Å². The van der Waals surface area contributed by atoms with Gasteiger partial charge >= 0.3 is 6.18 Å². The summed E-state index contributed by atoms with van der Waals surface area (Å²) in [6, 6.07) is 13.5. The largest absolute Gasteiger partial charge is 0.439 e. The van der Waals surface area contributed by atoms with E-state index in [1.165, 1.54) is 12.1 Å². The van der Waals surface area contributed by atoms with E-state index in [4.69, 9.17) is 4.74 Å². The first-order valence-corrected chi connectivity index (χ1v) is 11.5. The minimum Gasteiger partial charge on any atom is -0.439 e. The molecule has 0 bridgehead atoms. The number of hydrogen-bond donors (Lipinski definition) is 1. The molecule has 2 aromatic heterocycles. The molecule has 8 nitrogen and oxygen atoms in total. The summed E-state index contributed by atoms with van der Waals surface area (Å²) in [7, 11) is -3.85. The van der Waals surface area contributed by atoms with Gasteiger partial charge in [0.1, 0.15) is 11.6 Å². The van der Waals surface area contributed by atoms with Crippen LogP contribution in [-0.2, 0) is 22.0 Å². The van der Waals surface area contributed by atoms with Gasteiger partial charge in [0.15, 0.2) is 5.82 Å². The van der Waals surface area contributed by atoms with E-state index < -0.39 is 27.5 Å². The molecule has 2 heterocycles. The highest BCUT2D eigenvalue weighted by Crippen LogP contribution is 2.29. The predicted molar refractivity (Wildman–Crippen MR) is 118 cm³/mol. The van der Waals surface area contributed by atoms with Crippen molar-refractivity contribution in [1.82, 2.24) is 19.7 Å². The molecule has 0 aliphatic carbocycles. The molecule has 0 unspecified atom stereocenters. The van der Waals surface area contributed by atoms with Crippen LogP contribution in [0.4, 0.5) is 18.9 Å². The lowest BCUT2D eigenvalue weighted by Gasteiger charge is -2.11. The van der Waals surface area contributed by atoms with Crippen molar-refractivity contribution in [2.24, 2.45) is 0 Å². The van der Waals surface area contributed by atoms with Crippen LogP contribution in [0.5, 0.6) is 11.6 Å². The lowest BCUT2D eigenvalue weighted by Crippen LogP contribution is -2.15. The van der Waals surface area contributed by atoms with Crippen LogP contribution >= 0.6 is 0 Å². The Bertz CT molecular complexity index is 1370. The van der Waals surface area contributed by atoms with Gasteiger partial charge in [-0.15, -0.1) is 0 Å². The third-order valence-electron chi connectivity index (χ3n) is 4.53. The van der Waals surface area contributed by atoms with E-state index >= 15 is 0 Å². The van der Waals surface area contributed by atoms with Gasteiger partial charge in [-0.05, 0) is 55.0 Å². The molecule has 0 spiro atoms. The van der Waals surface area contributed by atoms with Crippen molar-refractivity contribution >= 4 is 15.7 Å². The first-order valence-electron chi connectivity index (χ1n) is 9.88. The Labute approximate surface area is 193 Å². The molecule has 34 heavy (non-hydrogen) atoms. The molecule has 0 radical (unpaired) electrons. The maximum absolute atomic E-state index is 12.7. The number of aryl methyl sites for hydroxylation is 1. The van der Waals surface area contributed by atoms with Crippen LogP contribution in [0.1, 0.15) is 17.0 Å². The van der Waals surface area contributed by atoms with Crippen LogP contribution in [-0.4, -0.2) is 28.2 Å². The molecule has 1 N–H and O–H groups in total. The molecule has 4 aromatic rings. The maximum Gasteiger partial charge on any atom is 0.416 e. The number of anilines is 1. The summed E-state index contributed by atoms with van der Waals surface area (Å²) in [6.07, 6.45) is -1.13. The normalized spacial score (nSPS) is 11.9. The van der Waals surface area contributed by atoms with Crippen LogP contribution in [0, 0.1) is 6.92 Å². The monoisotopic (exact) mass is 489 g/mol. The SMILES string of the molecule is Cc1nc(Oc2ccc(NS(=O)(=O)Cc3ccc(C(F)(F)F)cc3)cc2)cc(-n2cccn2)n1. The number of halogens is 3. The zero-order chi connectivity index (χ0) is 24.3. The fourth-order valence-corrected chi connectivity index (χ4v) is 4.23. The summed E-state index contributed by atoms with van der Waals surface area (Å²) >= 11 is 0. The number of rotatable bonds is 7. The van der Waals surface area contributed by atoms with Gasteiger partial charge in [-0.25, -0.2) is 18.1 Å². The number of ether oxygens (including phenoxy) is 1. The fraction of sp³-hybridized carbons (Fsp3) is 0.136. The van der Waals surface area contributed by atoms with E-state index in [0.717, 1.165) is 24.3 Å². The standard InChI is InChI=1S/C22H18F3N5O3S/c1-15-27-20(30-12-2-11-26-30)13-21(28-15)33-19-9-7-18(8-10-19)29-34(31,32)14-16-3-5-17(6-4-16)22(23,24)25/h2-13,29H,14H2,1H3. The van der Waals surface area contributed by atoms with E-state index in [0.29, 0.717) is 17.4 Å². The van der Waals surface area contributed by atoms with E-state index in [9.17, 15) is 21.6 Å². The van der Waals surface area contributed by atoms with E-state index in [2.05, 4.69) is 19.8 Å². The number of aromatic nitrogens is 4. The number of nitrogens with zero attached hydrogens (tertiary/aromatic N) is 4. The Morgan fingerprint density at radius 1 is 1.03 bits per heavy atom. The number of sulfonamides is 1. The van der Waals surface area contributed by atoms with Crippen molar-refractivity contribution in [2.45, 2.75) is 18.9 Å². The Morgan fingerprint density at radius 2 is 1.74 bits per heavy atom. The van der Waals surface area contributed by atoms with Crippen molar-refractivity contribution in [3.63, 3.8) is 0 Å². The van der Waals surface area contributed by atoms with Crippen molar-refractivity contribution in [1.29, 1.82) is 0 Å². The molecule has 0 saturated carbocycles. The molecule has 4 rings (SSSR count). The first-order chi connectivity index (χ1) is 16.1. The van der Waals surface area contributed by atoms with Crippen LogP contribution in [0.3, 0.4) is 0 Å². The quantitative estimate of drug-likeness (QED) is 0.403. The maximum atomic E-state index is 12.7. The molecule has 176 valence electrons. The smallest absolute Gasteiger partial charge is 0.416 e. The van der Waals surface area contributed by atoms with Crippen LogP contribution in [0.2, 0.25) is 0 Å². The van der Waals surface area contributed by atoms with Gasteiger partial charge in [0.25, 0.3) is 0 Å². The van der Waals surface area contributed by atoms with Crippen molar-refractivity contribution in [3.05, 3.63) is 90.0 Å². The second kappa shape index (κ2) is 9.14. The van der Waals surface area contributed by atoms with Gasteiger partial charge in [-0.3, -0.25) is 4.72 Å². The average molecular weight is 489 g/mol. The first kappa shape index (κ1) is 23.2. The minimum absolute atomic E-state index is 0.229. The molecule has 0 saturated heterocycles. The second-order valence-electron chi connectivity index (χ2n) is 7.24. The molecule has 0 fully saturated rings. The highest BCUT2D eigenvalue weighted by Gasteiger charge is 2.30. The van der Waals surface area contributed by atoms with E-state index in [1.807, 2.05) is 0 Å². The summed E-state index contributed by atoms with van der Waals surface area (Å²) in [5.74, 6) is 1.24. The Balaban J connectivity index is 1.42. The Kier molecular flexibility index (Phi) is 6.24. The summed E-state index contributed by atoms with van der Waals surface area (Å²) in [4.78, 5) is 8.53. The van der Waals surface area contributed by atoms with Crippen LogP contribution in [0.25, 0.3) is 5.82 Å². The zero-order valence-corrected chi connectivity index (χ0v) is 18.5. The molecular formula is C22H18F3N5O3S. The van der Waals surface area contributed by atoms with Crippen molar-refractivity contribution in [3.8, 4) is 17.4 Å². The summed E-state index contributed by atoms with van der Waals surface area (Å²) < 4.78 is 72.6. The summed E-state index contributed by atoms with van der Waals surface area (Å²) in [6.45, 7) is 1.72. The van der Waals surface area contributed by atoms with Crippen LogP contribution < -0.4 is 9.46 Å². The summed E-state index contributed by atoms with van der Waals surface area (Å²) in [5, 5.41) is 4.12. The Hall–Kier alpha value is -3.93. The zero-order valence-electron chi connectivity index (χ0n) is 17.7. The lowest BCUT2D eigenvalue weighted by molar-refractivity contribution is -0.137. The fourth-order valence-electron chi connectivity index (χ4n) is 3.04.